The first-order valence-electron chi connectivity index (χ1n) is 5.83. The van der Waals surface area contributed by atoms with Gasteiger partial charge in [0, 0.05) is 6.20 Å². The average Bonchev–Trinajstić information content (AvgIpc) is 2.84. The summed E-state index contributed by atoms with van der Waals surface area (Å²) < 4.78 is 5.84. The Bertz CT molecular complexity index is 510. The van der Waals surface area contributed by atoms with Gasteiger partial charge in [0.1, 0.15) is 12.4 Å². The maximum Gasteiger partial charge on any atom is 0.197 e. The lowest BCUT2D eigenvalue weighted by molar-refractivity contribution is 0.305. The summed E-state index contributed by atoms with van der Waals surface area (Å²) in [6.07, 6.45) is 1.78. The second-order valence-corrected chi connectivity index (χ2v) is 5.37. The highest BCUT2D eigenvalue weighted by molar-refractivity contribution is 7.15. The summed E-state index contributed by atoms with van der Waals surface area (Å²) >= 11 is 1.49. The normalized spacial score (nSPS) is 10.7. The maximum absolute atomic E-state index is 5.84. The van der Waals surface area contributed by atoms with Crippen LogP contribution in [0.25, 0.3) is 0 Å². The first kappa shape index (κ1) is 12.9. The maximum atomic E-state index is 5.84. The zero-order chi connectivity index (χ0) is 13.0. The molecule has 18 heavy (non-hydrogen) atoms. The summed E-state index contributed by atoms with van der Waals surface area (Å²) in [5.41, 5.74) is 3.75. The van der Waals surface area contributed by atoms with E-state index in [4.69, 9.17) is 10.6 Å². The number of hydrazine groups is 1. The van der Waals surface area contributed by atoms with Crippen molar-refractivity contribution in [2.24, 2.45) is 5.84 Å². The summed E-state index contributed by atoms with van der Waals surface area (Å²) in [6.45, 7) is 4.83. The molecule has 0 atom stereocenters. The Morgan fingerprint density at radius 3 is 2.83 bits per heavy atom. The number of nitrogens with one attached hydrogen (secondary N) is 1. The molecule has 0 unspecified atom stereocenters. The quantitative estimate of drug-likeness (QED) is 0.642. The lowest BCUT2D eigenvalue weighted by atomic mass is 10.0. The fraction of sp³-hybridized carbons (Fsp3) is 0.308. The molecule has 0 saturated heterocycles. The van der Waals surface area contributed by atoms with Crippen LogP contribution in [0.15, 0.2) is 30.5 Å². The van der Waals surface area contributed by atoms with E-state index in [9.17, 15) is 0 Å². The van der Waals surface area contributed by atoms with Crippen molar-refractivity contribution in [3.05, 3.63) is 40.9 Å². The number of aromatic nitrogens is 1. The minimum atomic E-state index is 0.448. The second-order valence-electron chi connectivity index (χ2n) is 4.26. The number of hydrogen-bond acceptors (Lipinski definition) is 5. The third-order valence-electron chi connectivity index (χ3n) is 2.59. The van der Waals surface area contributed by atoms with Crippen molar-refractivity contribution < 1.29 is 4.74 Å². The number of rotatable bonds is 5. The highest BCUT2D eigenvalue weighted by Gasteiger charge is 2.08. The van der Waals surface area contributed by atoms with Crippen molar-refractivity contribution in [3.8, 4) is 5.75 Å². The number of nitrogen functional groups attached to an aromatic ring is 1. The molecule has 1 aromatic heterocycles. The van der Waals surface area contributed by atoms with Crippen LogP contribution in [0.3, 0.4) is 0 Å². The standard InChI is InChI=1S/C13H17N3OS/c1-9(2)11-5-3-4-6-12(11)17-8-10-7-15-13(16-14)18-10/h3-7,9H,8,14H2,1-2H3,(H,15,16). The van der Waals surface area contributed by atoms with Gasteiger partial charge in [0.15, 0.2) is 5.13 Å². The van der Waals surface area contributed by atoms with Gasteiger partial charge in [-0.05, 0) is 17.5 Å². The topological polar surface area (TPSA) is 60.2 Å². The minimum Gasteiger partial charge on any atom is -0.488 e. The molecule has 0 radical (unpaired) electrons. The van der Waals surface area contributed by atoms with Crippen LogP contribution in [0.5, 0.6) is 5.75 Å². The molecule has 0 aliphatic carbocycles. The van der Waals surface area contributed by atoms with Crippen molar-refractivity contribution >= 4 is 16.5 Å². The van der Waals surface area contributed by atoms with Crippen molar-refractivity contribution in [3.63, 3.8) is 0 Å². The van der Waals surface area contributed by atoms with E-state index >= 15 is 0 Å². The fourth-order valence-electron chi connectivity index (χ4n) is 1.68. The Labute approximate surface area is 111 Å². The molecular weight excluding hydrogens is 246 g/mol. The number of benzene rings is 1. The fourth-order valence-corrected chi connectivity index (χ4v) is 2.31. The van der Waals surface area contributed by atoms with Gasteiger partial charge in [0.25, 0.3) is 0 Å². The predicted molar refractivity (Wildman–Crippen MR) is 74.8 cm³/mol. The highest BCUT2D eigenvalue weighted by Crippen LogP contribution is 2.27. The third-order valence-corrected chi connectivity index (χ3v) is 3.49. The van der Waals surface area contributed by atoms with Crippen LogP contribution >= 0.6 is 11.3 Å². The smallest absolute Gasteiger partial charge is 0.197 e. The molecule has 1 aromatic carbocycles. The molecule has 0 bridgehead atoms. The van der Waals surface area contributed by atoms with E-state index in [-0.39, 0.29) is 0 Å². The van der Waals surface area contributed by atoms with Gasteiger partial charge >= 0.3 is 0 Å². The lowest BCUT2D eigenvalue weighted by Gasteiger charge is -2.12. The van der Waals surface area contributed by atoms with Crippen molar-refractivity contribution in [2.75, 3.05) is 5.43 Å². The summed E-state index contributed by atoms with van der Waals surface area (Å²) in [6, 6.07) is 8.12. The van der Waals surface area contributed by atoms with Crippen LogP contribution in [0, 0.1) is 0 Å². The van der Waals surface area contributed by atoms with Gasteiger partial charge in [-0.2, -0.15) is 0 Å². The number of hydrogen-bond donors (Lipinski definition) is 2. The molecule has 3 N–H and O–H groups in total. The van der Waals surface area contributed by atoms with Crippen LogP contribution in [0.2, 0.25) is 0 Å². The first-order chi connectivity index (χ1) is 8.70. The van der Waals surface area contributed by atoms with Crippen molar-refractivity contribution in [1.82, 2.24) is 4.98 Å². The summed E-state index contributed by atoms with van der Waals surface area (Å²) in [5, 5.41) is 0.700. The molecule has 0 amide bonds. The van der Waals surface area contributed by atoms with E-state index in [1.165, 1.54) is 16.9 Å². The van der Waals surface area contributed by atoms with E-state index in [1.54, 1.807) is 6.20 Å². The van der Waals surface area contributed by atoms with Crippen LogP contribution < -0.4 is 16.0 Å². The minimum absolute atomic E-state index is 0.448. The van der Waals surface area contributed by atoms with Gasteiger partial charge in [0.05, 0.1) is 4.88 Å². The SMILES string of the molecule is CC(C)c1ccccc1OCc1cnc(NN)s1. The van der Waals surface area contributed by atoms with E-state index in [0.717, 1.165) is 10.6 Å². The summed E-state index contributed by atoms with van der Waals surface area (Å²) in [4.78, 5) is 5.15. The molecule has 4 nitrogen and oxygen atoms in total. The largest absolute Gasteiger partial charge is 0.488 e. The van der Waals surface area contributed by atoms with Gasteiger partial charge in [-0.3, -0.25) is 5.43 Å². The van der Waals surface area contributed by atoms with Gasteiger partial charge < -0.3 is 4.74 Å². The third kappa shape index (κ3) is 3.00. The van der Waals surface area contributed by atoms with Crippen LogP contribution in [0.1, 0.15) is 30.2 Å². The molecule has 2 aromatic rings. The Morgan fingerprint density at radius 2 is 2.17 bits per heavy atom. The molecule has 0 aliphatic rings. The molecule has 0 fully saturated rings. The van der Waals surface area contributed by atoms with Gasteiger partial charge in [-0.15, -0.1) is 0 Å². The van der Waals surface area contributed by atoms with Crippen molar-refractivity contribution in [2.45, 2.75) is 26.4 Å². The summed E-state index contributed by atoms with van der Waals surface area (Å²) in [7, 11) is 0. The number of para-hydroxylation sites is 1. The lowest BCUT2D eigenvalue weighted by Crippen LogP contribution is -2.05. The molecule has 2 rings (SSSR count). The van der Waals surface area contributed by atoms with Gasteiger partial charge in [-0.25, -0.2) is 10.8 Å². The number of ether oxygens (including phenoxy) is 1. The first-order valence-corrected chi connectivity index (χ1v) is 6.65. The predicted octanol–water partition coefficient (Wildman–Crippen LogP) is 3.13. The highest BCUT2D eigenvalue weighted by atomic mass is 32.1. The van der Waals surface area contributed by atoms with E-state index in [0.29, 0.717) is 17.7 Å². The van der Waals surface area contributed by atoms with Gasteiger partial charge in [-0.1, -0.05) is 43.4 Å². The zero-order valence-electron chi connectivity index (χ0n) is 10.5. The average molecular weight is 263 g/mol. The van der Waals surface area contributed by atoms with Crippen LogP contribution in [-0.4, -0.2) is 4.98 Å². The Hall–Kier alpha value is -1.59. The molecule has 0 spiro atoms. The molecule has 0 aliphatic heterocycles. The zero-order valence-corrected chi connectivity index (χ0v) is 11.3. The van der Waals surface area contributed by atoms with Crippen molar-refractivity contribution in [1.29, 1.82) is 0 Å². The molecule has 0 saturated carbocycles. The molecule has 1 heterocycles. The van der Waals surface area contributed by atoms with E-state index < -0.39 is 0 Å². The number of nitrogens with zero attached hydrogens (tertiary/aromatic N) is 1. The Morgan fingerprint density at radius 1 is 1.39 bits per heavy atom. The number of anilines is 1. The summed E-state index contributed by atoms with van der Waals surface area (Å²) in [5.74, 6) is 6.67. The monoisotopic (exact) mass is 263 g/mol. The van der Waals surface area contributed by atoms with Gasteiger partial charge in [0.2, 0.25) is 0 Å². The number of nitrogens with two attached hydrogens (primary N) is 1. The Balaban J connectivity index is 2.05. The second kappa shape index (κ2) is 5.84. The number of thiazole rings is 1. The molecule has 96 valence electrons. The Kier molecular flexibility index (Phi) is 4.17. The van der Waals surface area contributed by atoms with Crippen LogP contribution in [-0.2, 0) is 6.61 Å². The van der Waals surface area contributed by atoms with E-state index in [2.05, 4.69) is 30.3 Å². The van der Waals surface area contributed by atoms with Crippen LogP contribution in [0.4, 0.5) is 5.13 Å². The molecule has 5 heteroatoms. The van der Waals surface area contributed by atoms with E-state index in [1.807, 2.05) is 18.2 Å². The molecular formula is C13H17N3OS.